The number of fused-ring (bicyclic) bond motifs is 1. The zero-order chi connectivity index (χ0) is 16.6. The molecule has 0 atom stereocenters. The van der Waals surface area contributed by atoms with Gasteiger partial charge in [-0.25, -0.2) is 13.8 Å². The van der Waals surface area contributed by atoms with Crippen molar-refractivity contribution >= 4 is 27.5 Å². The van der Waals surface area contributed by atoms with Crippen LogP contribution in [0.4, 0.5) is 8.78 Å². The second-order valence-corrected chi connectivity index (χ2v) is 5.85. The third kappa shape index (κ3) is 2.98. The lowest BCUT2D eigenvalue weighted by Crippen LogP contribution is -2.28. The molecule has 2 aromatic heterocycles. The molecule has 3 aromatic rings. The molecule has 0 saturated carbocycles. The van der Waals surface area contributed by atoms with E-state index in [-0.39, 0.29) is 17.7 Å². The summed E-state index contributed by atoms with van der Waals surface area (Å²) in [6.45, 7) is 0.0405. The van der Waals surface area contributed by atoms with Gasteiger partial charge in [0.1, 0.15) is 10.5 Å². The lowest BCUT2D eigenvalue weighted by atomic mass is 10.2. The number of aromatic nitrogens is 2. The van der Waals surface area contributed by atoms with Gasteiger partial charge in [-0.2, -0.15) is 0 Å². The molecular formula is C15H11F2N3O2S. The third-order valence-electron chi connectivity index (χ3n) is 3.26. The number of H-pyrrole nitrogens is 1. The van der Waals surface area contributed by atoms with Gasteiger partial charge in [-0.3, -0.25) is 9.59 Å². The smallest absolute Gasteiger partial charge is 0.268 e. The number of nitrogens with one attached hydrogen (secondary N) is 1. The van der Waals surface area contributed by atoms with Gasteiger partial charge in [0.05, 0.1) is 12.1 Å². The first kappa shape index (κ1) is 15.3. The minimum Gasteiger partial charge on any atom is -0.334 e. The van der Waals surface area contributed by atoms with Crippen molar-refractivity contribution in [1.82, 2.24) is 14.9 Å². The summed E-state index contributed by atoms with van der Waals surface area (Å²) in [5.41, 5.74) is 0.307. The lowest BCUT2D eigenvalue weighted by molar-refractivity contribution is 0.0781. The van der Waals surface area contributed by atoms with Crippen molar-refractivity contribution < 1.29 is 13.6 Å². The van der Waals surface area contributed by atoms with Gasteiger partial charge in [-0.1, -0.05) is 0 Å². The molecule has 0 saturated heterocycles. The Morgan fingerprint density at radius 3 is 2.83 bits per heavy atom. The normalized spacial score (nSPS) is 10.9. The Balaban J connectivity index is 1.84. The Hall–Kier alpha value is -2.61. The van der Waals surface area contributed by atoms with Crippen LogP contribution in [0, 0.1) is 11.6 Å². The van der Waals surface area contributed by atoms with E-state index in [0.717, 1.165) is 12.1 Å². The first-order chi connectivity index (χ1) is 11.0. The summed E-state index contributed by atoms with van der Waals surface area (Å²) in [6.07, 6.45) is 0. The molecule has 0 aliphatic carbocycles. The molecular weight excluding hydrogens is 324 g/mol. The van der Waals surface area contributed by atoms with Crippen molar-refractivity contribution in [2.45, 2.75) is 6.54 Å². The number of carbonyl (C=O) groups is 1. The van der Waals surface area contributed by atoms with E-state index in [0.29, 0.717) is 16.0 Å². The summed E-state index contributed by atoms with van der Waals surface area (Å²) < 4.78 is 26.7. The van der Waals surface area contributed by atoms with Crippen molar-refractivity contribution in [2.24, 2.45) is 0 Å². The number of nitrogens with zero attached hydrogens (tertiary/aromatic N) is 2. The molecule has 118 valence electrons. The first-order valence-electron chi connectivity index (χ1n) is 6.62. The number of thiophene rings is 1. The van der Waals surface area contributed by atoms with Crippen LogP contribution in [0.2, 0.25) is 0 Å². The number of rotatable bonds is 3. The van der Waals surface area contributed by atoms with Crippen molar-refractivity contribution in [1.29, 1.82) is 0 Å². The van der Waals surface area contributed by atoms with Gasteiger partial charge in [0.2, 0.25) is 0 Å². The second-order valence-electron chi connectivity index (χ2n) is 4.94. The summed E-state index contributed by atoms with van der Waals surface area (Å²) in [6, 6.07) is 4.66. The Bertz CT molecular complexity index is 951. The van der Waals surface area contributed by atoms with E-state index in [2.05, 4.69) is 9.97 Å². The maximum atomic E-state index is 13.2. The molecule has 0 fully saturated rings. The van der Waals surface area contributed by atoms with Gasteiger partial charge in [0.15, 0.2) is 11.6 Å². The average Bonchev–Trinajstić information content (AvgIpc) is 2.98. The van der Waals surface area contributed by atoms with Crippen molar-refractivity contribution in [3.05, 3.63) is 63.0 Å². The van der Waals surface area contributed by atoms with Crippen molar-refractivity contribution in [3.8, 4) is 0 Å². The van der Waals surface area contributed by atoms with E-state index >= 15 is 0 Å². The molecule has 2 heterocycles. The number of amides is 1. The molecule has 0 aliphatic rings. The van der Waals surface area contributed by atoms with Crippen LogP contribution in [0.3, 0.4) is 0 Å². The third-order valence-corrected chi connectivity index (χ3v) is 4.17. The van der Waals surface area contributed by atoms with Gasteiger partial charge < -0.3 is 9.88 Å². The molecule has 0 spiro atoms. The van der Waals surface area contributed by atoms with Crippen LogP contribution < -0.4 is 5.56 Å². The molecule has 1 aromatic carbocycles. The van der Waals surface area contributed by atoms with Crippen molar-refractivity contribution in [2.75, 3.05) is 7.05 Å². The van der Waals surface area contributed by atoms with Gasteiger partial charge in [0.25, 0.3) is 11.5 Å². The molecule has 0 unspecified atom stereocenters. The molecule has 3 rings (SSSR count). The first-order valence-corrected chi connectivity index (χ1v) is 7.50. The summed E-state index contributed by atoms with van der Waals surface area (Å²) in [5.74, 6) is -2.29. The molecule has 5 nitrogen and oxygen atoms in total. The van der Waals surface area contributed by atoms with Gasteiger partial charge in [-0.05, 0) is 29.6 Å². The highest BCUT2D eigenvalue weighted by molar-refractivity contribution is 7.17. The van der Waals surface area contributed by atoms with Gasteiger partial charge in [-0.15, -0.1) is 11.3 Å². The van der Waals surface area contributed by atoms with E-state index in [9.17, 15) is 18.4 Å². The topological polar surface area (TPSA) is 66.1 Å². The van der Waals surface area contributed by atoms with E-state index < -0.39 is 17.5 Å². The summed E-state index contributed by atoms with van der Waals surface area (Å²) in [4.78, 5) is 32.3. The number of carbonyl (C=O) groups excluding carboxylic acids is 1. The molecule has 0 aliphatic heterocycles. The van der Waals surface area contributed by atoms with Crippen LogP contribution in [-0.4, -0.2) is 27.8 Å². The quantitative estimate of drug-likeness (QED) is 0.800. The van der Waals surface area contributed by atoms with Crippen LogP contribution in [0.25, 0.3) is 10.2 Å². The highest BCUT2D eigenvalue weighted by atomic mass is 32.1. The number of hydrogen-bond acceptors (Lipinski definition) is 4. The molecule has 0 bridgehead atoms. The largest absolute Gasteiger partial charge is 0.334 e. The van der Waals surface area contributed by atoms with Crippen LogP contribution in [0.15, 0.2) is 34.4 Å². The maximum absolute atomic E-state index is 13.2. The lowest BCUT2D eigenvalue weighted by Gasteiger charge is -2.16. The fraction of sp³-hybridized carbons (Fsp3) is 0.133. The molecule has 0 radical (unpaired) electrons. The zero-order valence-corrected chi connectivity index (χ0v) is 12.8. The van der Waals surface area contributed by atoms with E-state index in [4.69, 9.17) is 0 Å². The van der Waals surface area contributed by atoms with Crippen LogP contribution in [0.5, 0.6) is 0 Å². The fourth-order valence-corrected chi connectivity index (χ4v) is 2.87. The summed E-state index contributed by atoms with van der Waals surface area (Å²) in [7, 11) is 1.49. The maximum Gasteiger partial charge on any atom is 0.268 e. The summed E-state index contributed by atoms with van der Waals surface area (Å²) in [5, 5.41) is 1.76. The van der Waals surface area contributed by atoms with Crippen LogP contribution in [-0.2, 0) is 6.54 Å². The van der Waals surface area contributed by atoms with Crippen LogP contribution in [0.1, 0.15) is 16.2 Å². The Labute approximate surface area is 133 Å². The predicted octanol–water partition coefficient (Wildman–Crippen LogP) is 2.54. The minimum atomic E-state index is -1.09. The van der Waals surface area contributed by atoms with Crippen molar-refractivity contribution in [3.63, 3.8) is 0 Å². The SMILES string of the molecule is CN(Cc1nc2ccsc2c(=O)[nH]1)C(=O)c1ccc(F)c(F)c1. The van der Waals surface area contributed by atoms with E-state index in [1.807, 2.05) is 0 Å². The predicted molar refractivity (Wildman–Crippen MR) is 82.4 cm³/mol. The van der Waals surface area contributed by atoms with E-state index in [1.54, 1.807) is 11.4 Å². The van der Waals surface area contributed by atoms with Gasteiger partial charge >= 0.3 is 0 Å². The summed E-state index contributed by atoms with van der Waals surface area (Å²) >= 11 is 1.28. The number of hydrogen-bond donors (Lipinski definition) is 1. The highest BCUT2D eigenvalue weighted by Gasteiger charge is 2.16. The van der Waals surface area contributed by atoms with Gasteiger partial charge in [0, 0.05) is 12.6 Å². The Morgan fingerprint density at radius 1 is 1.30 bits per heavy atom. The monoisotopic (exact) mass is 335 g/mol. The molecule has 1 amide bonds. The minimum absolute atomic E-state index is 0.0189. The van der Waals surface area contributed by atoms with E-state index in [1.165, 1.54) is 29.4 Å². The molecule has 8 heteroatoms. The number of aromatic amines is 1. The fourth-order valence-electron chi connectivity index (χ4n) is 2.14. The molecule has 1 N–H and O–H groups in total. The number of halogens is 2. The Morgan fingerprint density at radius 2 is 2.09 bits per heavy atom. The zero-order valence-electron chi connectivity index (χ0n) is 12.0. The van der Waals surface area contributed by atoms with Crippen LogP contribution >= 0.6 is 11.3 Å². The highest BCUT2D eigenvalue weighted by Crippen LogP contribution is 2.15. The molecule has 23 heavy (non-hydrogen) atoms. The standard InChI is InChI=1S/C15H11F2N3O2S/c1-20(15(22)8-2-3-9(16)10(17)6-8)7-12-18-11-4-5-23-13(11)14(21)19-12/h2-6H,7H2,1H3,(H,18,19,21). The second kappa shape index (κ2) is 5.88. The number of benzene rings is 1. The average molecular weight is 335 g/mol. The Kier molecular flexibility index (Phi) is 3.91.